The van der Waals surface area contributed by atoms with Crippen molar-refractivity contribution in [1.82, 2.24) is 5.32 Å². The van der Waals surface area contributed by atoms with E-state index in [0.717, 1.165) is 11.4 Å². The Hall–Kier alpha value is -2.85. The average molecular weight is 370 g/mol. The number of ketones is 1. The van der Waals surface area contributed by atoms with E-state index in [4.69, 9.17) is 4.74 Å². The van der Waals surface area contributed by atoms with Crippen molar-refractivity contribution in [2.45, 2.75) is 32.2 Å². The van der Waals surface area contributed by atoms with Gasteiger partial charge in [-0.05, 0) is 25.5 Å². The maximum atomic E-state index is 12.6. The summed E-state index contributed by atoms with van der Waals surface area (Å²) in [5, 5.41) is 12.4. The Morgan fingerprint density at radius 1 is 1.19 bits per heavy atom. The molecule has 0 saturated heterocycles. The molecule has 7 nitrogen and oxygen atoms in total. The molecule has 1 aromatic rings. The summed E-state index contributed by atoms with van der Waals surface area (Å²) < 4.78 is 4.99. The first-order chi connectivity index (χ1) is 12.9. The lowest BCUT2D eigenvalue weighted by Crippen LogP contribution is -2.33. The number of methoxy groups -OCH3 is 1. The second-order valence-electron chi connectivity index (χ2n) is 6.59. The van der Waals surface area contributed by atoms with Gasteiger partial charge in [-0.1, -0.05) is 12.1 Å². The van der Waals surface area contributed by atoms with Gasteiger partial charge in [-0.15, -0.1) is 0 Å². The normalized spacial score (nSPS) is 13.8. The number of ether oxygens (including phenoxy) is 1. The fourth-order valence-electron chi connectivity index (χ4n) is 3.12. The van der Waals surface area contributed by atoms with E-state index in [0.29, 0.717) is 18.8 Å². The molecule has 1 atom stereocenters. The minimum atomic E-state index is -0.335. The van der Waals surface area contributed by atoms with Crippen LogP contribution < -0.4 is 15.1 Å². The number of rotatable bonds is 8. The number of nitrogens with one attached hydrogen (secondary N) is 1. The maximum absolute atomic E-state index is 12.6. The number of amides is 1. The second kappa shape index (κ2) is 9.19. The van der Waals surface area contributed by atoms with Crippen LogP contribution in [0.15, 0.2) is 35.7 Å². The topological polar surface area (TPSA) is 85.7 Å². The molecule has 1 amide bonds. The van der Waals surface area contributed by atoms with Crippen LogP contribution in [0.3, 0.4) is 0 Å². The fourth-order valence-corrected chi connectivity index (χ4v) is 3.12. The number of hydrogen-bond donors (Lipinski definition) is 1. The zero-order valence-electron chi connectivity index (χ0n) is 16.3. The Kier molecular flexibility index (Phi) is 6.97. The molecule has 0 aliphatic carbocycles. The Morgan fingerprint density at radius 2 is 1.78 bits per heavy atom. The number of para-hydroxylation sites is 2. The number of nitriles is 1. The highest BCUT2D eigenvalue weighted by molar-refractivity contribution is 6.03. The van der Waals surface area contributed by atoms with E-state index >= 15 is 0 Å². The maximum Gasteiger partial charge on any atom is 0.220 e. The summed E-state index contributed by atoms with van der Waals surface area (Å²) in [5.74, 6) is 0.00179. The third-order valence-corrected chi connectivity index (χ3v) is 4.60. The van der Waals surface area contributed by atoms with Gasteiger partial charge in [0, 0.05) is 46.7 Å². The van der Waals surface area contributed by atoms with Crippen LogP contribution >= 0.6 is 0 Å². The van der Waals surface area contributed by atoms with Gasteiger partial charge < -0.3 is 19.9 Å². The van der Waals surface area contributed by atoms with Crippen molar-refractivity contribution < 1.29 is 14.3 Å². The van der Waals surface area contributed by atoms with Crippen LogP contribution in [-0.2, 0) is 14.3 Å². The molecule has 7 heteroatoms. The van der Waals surface area contributed by atoms with Gasteiger partial charge in [0.15, 0.2) is 5.78 Å². The molecule has 1 aliphatic rings. The number of Topliss-reactive ketones (excluding diaryl/α,β-unsaturated/α-hetero) is 1. The largest absolute Gasteiger partial charge is 0.385 e. The number of carbonyl (C=O) groups excluding carboxylic acids is 2. The van der Waals surface area contributed by atoms with E-state index in [1.54, 1.807) is 7.11 Å². The van der Waals surface area contributed by atoms with E-state index in [2.05, 4.69) is 5.32 Å². The number of fused-ring (bicyclic) bond motifs is 1. The lowest BCUT2D eigenvalue weighted by molar-refractivity contribution is -0.124. The van der Waals surface area contributed by atoms with E-state index < -0.39 is 0 Å². The van der Waals surface area contributed by atoms with E-state index in [1.165, 1.54) is 0 Å². The summed E-state index contributed by atoms with van der Waals surface area (Å²) in [6, 6.07) is 9.70. The first kappa shape index (κ1) is 20.5. The second-order valence-corrected chi connectivity index (χ2v) is 6.59. The zero-order chi connectivity index (χ0) is 20.0. The highest BCUT2D eigenvalue weighted by Crippen LogP contribution is 2.40. The minimum absolute atomic E-state index is 0.00670. The van der Waals surface area contributed by atoms with Crippen molar-refractivity contribution in [2.24, 2.45) is 0 Å². The molecular formula is C20H26N4O3. The number of allylic oxidation sites excluding steroid dienone is 1. The molecule has 1 heterocycles. The molecule has 0 aromatic heterocycles. The lowest BCUT2D eigenvalue weighted by atomic mass is 10.1. The van der Waals surface area contributed by atoms with Crippen LogP contribution in [0, 0.1) is 11.3 Å². The van der Waals surface area contributed by atoms with Gasteiger partial charge in [-0.3, -0.25) is 9.59 Å². The summed E-state index contributed by atoms with van der Waals surface area (Å²) in [6.07, 6.45) is 0.750. The SMILES string of the molecule is COCCC(C)NC(=O)CCC(=O)C(C#N)=C1N(C)c2ccccc2N1C. The predicted octanol–water partition coefficient (Wildman–Crippen LogP) is 2.20. The number of carbonyl (C=O) groups is 2. The van der Waals surface area contributed by atoms with Crippen LogP contribution in [-0.4, -0.2) is 45.5 Å². The van der Waals surface area contributed by atoms with Crippen LogP contribution in [0.1, 0.15) is 26.2 Å². The Labute approximate surface area is 160 Å². The molecule has 1 unspecified atom stereocenters. The molecule has 144 valence electrons. The zero-order valence-corrected chi connectivity index (χ0v) is 16.3. The summed E-state index contributed by atoms with van der Waals surface area (Å²) in [5.41, 5.74) is 1.93. The average Bonchev–Trinajstić information content (AvgIpc) is 2.91. The van der Waals surface area contributed by atoms with Gasteiger partial charge in [0.25, 0.3) is 0 Å². The van der Waals surface area contributed by atoms with E-state index in [9.17, 15) is 14.9 Å². The van der Waals surface area contributed by atoms with Gasteiger partial charge in [0.05, 0.1) is 11.4 Å². The fraction of sp³-hybridized carbons (Fsp3) is 0.450. The molecule has 1 N–H and O–H groups in total. The van der Waals surface area contributed by atoms with Crippen molar-refractivity contribution >= 4 is 23.1 Å². The molecule has 1 aliphatic heterocycles. The number of benzene rings is 1. The highest BCUT2D eigenvalue weighted by atomic mass is 16.5. The first-order valence-electron chi connectivity index (χ1n) is 8.93. The van der Waals surface area contributed by atoms with E-state index in [1.807, 2.05) is 61.2 Å². The Bertz CT molecular complexity index is 751. The van der Waals surface area contributed by atoms with Crippen LogP contribution in [0.4, 0.5) is 11.4 Å². The van der Waals surface area contributed by atoms with Crippen LogP contribution in [0.5, 0.6) is 0 Å². The molecule has 0 spiro atoms. The van der Waals surface area contributed by atoms with Crippen LogP contribution in [0.25, 0.3) is 0 Å². The van der Waals surface area contributed by atoms with Crippen molar-refractivity contribution in [3.63, 3.8) is 0 Å². The number of hydrogen-bond acceptors (Lipinski definition) is 6. The van der Waals surface area contributed by atoms with Crippen molar-refractivity contribution in [2.75, 3.05) is 37.6 Å². The first-order valence-corrected chi connectivity index (χ1v) is 8.93. The molecule has 1 aromatic carbocycles. The molecule has 0 fully saturated rings. The lowest BCUT2D eigenvalue weighted by Gasteiger charge is -2.20. The smallest absolute Gasteiger partial charge is 0.220 e. The highest BCUT2D eigenvalue weighted by Gasteiger charge is 2.31. The van der Waals surface area contributed by atoms with Crippen molar-refractivity contribution in [1.29, 1.82) is 5.26 Å². The summed E-state index contributed by atoms with van der Waals surface area (Å²) in [6.45, 7) is 2.45. The molecule has 0 saturated carbocycles. The standard InChI is InChI=1S/C20H26N4O3/c1-14(11-12-27-4)22-19(26)10-9-18(25)15(13-21)20-23(2)16-7-5-6-8-17(16)24(20)3/h5-8,14H,9-12H2,1-4H3,(H,22,26). The molecule has 0 bridgehead atoms. The Morgan fingerprint density at radius 3 is 2.30 bits per heavy atom. The minimum Gasteiger partial charge on any atom is -0.385 e. The quantitative estimate of drug-likeness (QED) is 0.558. The van der Waals surface area contributed by atoms with Gasteiger partial charge in [-0.2, -0.15) is 5.26 Å². The van der Waals surface area contributed by atoms with Crippen LogP contribution in [0.2, 0.25) is 0 Å². The third kappa shape index (κ3) is 4.66. The van der Waals surface area contributed by atoms with E-state index in [-0.39, 0.29) is 36.1 Å². The molecular weight excluding hydrogens is 344 g/mol. The van der Waals surface area contributed by atoms with Gasteiger partial charge in [0.2, 0.25) is 5.91 Å². The molecule has 2 rings (SSSR count). The molecule has 27 heavy (non-hydrogen) atoms. The Balaban J connectivity index is 2.06. The number of nitrogens with zero attached hydrogens (tertiary/aromatic N) is 3. The monoisotopic (exact) mass is 370 g/mol. The summed E-state index contributed by atoms with van der Waals surface area (Å²) >= 11 is 0. The van der Waals surface area contributed by atoms with Crippen molar-refractivity contribution in [3.8, 4) is 6.07 Å². The summed E-state index contributed by atoms with van der Waals surface area (Å²) in [4.78, 5) is 28.3. The van der Waals surface area contributed by atoms with Gasteiger partial charge in [0.1, 0.15) is 17.5 Å². The van der Waals surface area contributed by atoms with Gasteiger partial charge >= 0.3 is 0 Å². The third-order valence-electron chi connectivity index (χ3n) is 4.60. The van der Waals surface area contributed by atoms with Crippen molar-refractivity contribution in [3.05, 3.63) is 35.7 Å². The molecule has 0 radical (unpaired) electrons. The number of anilines is 2. The summed E-state index contributed by atoms with van der Waals surface area (Å²) in [7, 11) is 5.26. The predicted molar refractivity (Wildman–Crippen MR) is 104 cm³/mol. The van der Waals surface area contributed by atoms with Gasteiger partial charge in [-0.25, -0.2) is 0 Å².